The zero-order chi connectivity index (χ0) is 16.7. The molecule has 0 aliphatic carbocycles. The molecule has 0 fully saturated rings. The third kappa shape index (κ3) is 5.48. The molecule has 2 N–H and O–H groups in total. The minimum atomic E-state index is -0.741. The topological polar surface area (TPSA) is 67.4 Å². The van der Waals surface area contributed by atoms with Gasteiger partial charge in [0.2, 0.25) is 5.91 Å². The van der Waals surface area contributed by atoms with Crippen molar-refractivity contribution < 1.29 is 14.3 Å². The van der Waals surface area contributed by atoms with E-state index < -0.39 is 12.0 Å². The van der Waals surface area contributed by atoms with Gasteiger partial charge in [0.1, 0.15) is 0 Å². The van der Waals surface area contributed by atoms with Crippen LogP contribution in [0.4, 0.5) is 4.79 Å². The maximum Gasteiger partial charge on any atom is 0.413 e. The van der Waals surface area contributed by atoms with Gasteiger partial charge in [-0.15, -0.1) is 0 Å². The molecule has 122 valence electrons. The van der Waals surface area contributed by atoms with E-state index in [-0.39, 0.29) is 12.6 Å². The van der Waals surface area contributed by atoms with Crippen LogP contribution < -0.4 is 10.6 Å². The average Bonchev–Trinajstić information content (AvgIpc) is 2.47. The van der Waals surface area contributed by atoms with Gasteiger partial charge in [0.15, 0.2) is 0 Å². The smallest absolute Gasteiger partial charge is 0.413 e. The molecule has 0 bridgehead atoms. The van der Waals surface area contributed by atoms with Crippen LogP contribution >= 0.6 is 0 Å². The molecule has 1 atom stereocenters. The van der Waals surface area contributed by atoms with E-state index in [1.807, 2.05) is 0 Å². The first-order valence-electron chi connectivity index (χ1n) is 7.56. The lowest BCUT2D eigenvalue weighted by Crippen LogP contribution is -2.39. The van der Waals surface area contributed by atoms with Crippen LogP contribution in [0.25, 0.3) is 0 Å². The minimum Gasteiger partial charge on any atom is -0.453 e. The Morgan fingerprint density at radius 1 is 1.05 bits per heavy atom. The maximum atomic E-state index is 11.6. The zero-order valence-electron chi connectivity index (χ0n) is 14.0. The van der Waals surface area contributed by atoms with Crippen molar-refractivity contribution in [2.45, 2.75) is 39.7 Å². The lowest BCUT2D eigenvalue weighted by atomic mass is 9.93. The van der Waals surface area contributed by atoms with Crippen LogP contribution in [-0.4, -0.2) is 25.7 Å². The van der Waals surface area contributed by atoms with E-state index >= 15 is 0 Å². The largest absolute Gasteiger partial charge is 0.453 e. The summed E-state index contributed by atoms with van der Waals surface area (Å²) in [6, 6.07) is 8.46. The van der Waals surface area contributed by atoms with Crippen LogP contribution in [0.5, 0.6) is 0 Å². The summed E-state index contributed by atoms with van der Waals surface area (Å²) in [6.07, 6.45) is -0.741. The highest BCUT2D eigenvalue weighted by Gasteiger charge is 2.17. The number of methoxy groups -OCH3 is 1. The third-order valence-electron chi connectivity index (χ3n) is 3.54. The predicted octanol–water partition coefficient (Wildman–Crippen LogP) is 2.98. The maximum absolute atomic E-state index is 11.6. The first-order chi connectivity index (χ1) is 10.3. The summed E-state index contributed by atoms with van der Waals surface area (Å²) in [7, 11) is 1.23. The Bertz CT molecular complexity index is 495. The highest BCUT2D eigenvalue weighted by Crippen LogP contribution is 2.23. The molecule has 0 aliphatic rings. The quantitative estimate of drug-likeness (QED) is 0.848. The van der Waals surface area contributed by atoms with Gasteiger partial charge in [-0.25, -0.2) is 4.79 Å². The molecule has 0 aromatic heterocycles. The Hall–Kier alpha value is -1.88. The SMILES string of the molecule is COC(=O)NC(=O)CN[C@H](c1ccc(C(C)C)cc1)C(C)C. The highest BCUT2D eigenvalue weighted by atomic mass is 16.5. The Morgan fingerprint density at radius 3 is 2.05 bits per heavy atom. The molecular formula is C17H26N2O3. The van der Waals surface area contributed by atoms with Crippen molar-refractivity contribution in [1.82, 2.24) is 10.6 Å². The van der Waals surface area contributed by atoms with Crippen molar-refractivity contribution >= 4 is 12.0 Å². The van der Waals surface area contributed by atoms with E-state index in [4.69, 9.17) is 0 Å². The Kier molecular flexibility index (Phi) is 7.05. The number of benzene rings is 1. The Morgan fingerprint density at radius 2 is 1.59 bits per heavy atom. The number of amides is 2. The van der Waals surface area contributed by atoms with Crippen LogP contribution in [0, 0.1) is 5.92 Å². The molecule has 1 aromatic rings. The fraction of sp³-hybridized carbons (Fsp3) is 0.529. The summed E-state index contributed by atoms with van der Waals surface area (Å²) >= 11 is 0. The zero-order valence-corrected chi connectivity index (χ0v) is 14.0. The third-order valence-corrected chi connectivity index (χ3v) is 3.54. The molecule has 0 aliphatic heterocycles. The van der Waals surface area contributed by atoms with Gasteiger partial charge in [0.25, 0.3) is 0 Å². The van der Waals surface area contributed by atoms with Crippen molar-refractivity contribution in [3.8, 4) is 0 Å². The lowest BCUT2D eigenvalue weighted by Gasteiger charge is -2.23. The molecule has 0 unspecified atom stereocenters. The number of carbonyl (C=O) groups excluding carboxylic acids is 2. The number of ether oxygens (including phenoxy) is 1. The fourth-order valence-electron chi connectivity index (χ4n) is 2.24. The van der Waals surface area contributed by atoms with Crippen LogP contribution in [0.2, 0.25) is 0 Å². The molecule has 5 nitrogen and oxygen atoms in total. The van der Waals surface area contributed by atoms with Crippen LogP contribution in [0.15, 0.2) is 24.3 Å². The summed E-state index contributed by atoms with van der Waals surface area (Å²) in [5.41, 5.74) is 2.42. The second-order valence-corrected chi connectivity index (χ2v) is 5.96. The number of imide groups is 1. The number of nitrogens with one attached hydrogen (secondary N) is 2. The molecule has 1 aromatic carbocycles. The van der Waals surface area contributed by atoms with Gasteiger partial charge in [0.05, 0.1) is 13.7 Å². The second kappa shape index (κ2) is 8.54. The molecule has 0 saturated carbocycles. The lowest BCUT2D eigenvalue weighted by molar-refractivity contribution is -0.119. The van der Waals surface area contributed by atoms with E-state index in [0.29, 0.717) is 11.8 Å². The molecule has 5 heteroatoms. The standard InChI is InChI=1S/C17H26N2O3/c1-11(2)13-6-8-14(9-7-13)16(12(3)4)18-10-15(20)19-17(21)22-5/h6-9,11-12,16,18H,10H2,1-5H3,(H,19,20,21)/t16-/m0/s1. The molecule has 2 amide bonds. The number of rotatable bonds is 6. The molecule has 0 spiro atoms. The Labute approximate surface area is 132 Å². The monoisotopic (exact) mass is 306 g/mol. The van der Waals surface area contributed by atoms with E-state index in [2.05, 4.69) is 67.3 Å². The molecule has 0 saturated heterocycles. The average molecular weight is 306 g/mol. The van der Waals surface area contributed by atoms with Gasteiger partial charge in [0, 0.05) is 6.04 Å². The van der Waals surface area contributed by atoms with Crippen LogP contribution in [0.1, 0.15) is 50.8 Å². The minimum absolute atomic E-state index is 0.0459. The summed E-state index contributed by atoms with van der Waals surface area (Å²) in [5, 5.41) is 5.33. The summed E-state index contributed by atoms with van der Waals surface area (Å²) in [5.74, 6) is 0.400. The van der Waals surface area contributed by atoms with Crippen molar-refractivity contribution in [3.05, 3.63) is 35.4 Å². The number of hydrogen-bond donors (Lipinski definition) is 2. The second-order valence-electron chi connectivity index (χ2n) is 5.96. The predicted molar refractivity (Wildman–Crippen MR) is 86.7 cm³/mol. The molecule has 0 radical (unpaired) electrons. The number of alkyl carbamates (subject to hydrolysis) is 1. The van der Waals surface area contributed by atoms with Gasteiger partial charge in [-0.1, -0.05) is 52.0 Å². The van der Waals surface area contributed by atoms with Gasteiger partial charge in [-0.2, -0.15) is 0 Å². The highest BCUT2D eigenvalue weighted by molar-refractivity contribution is 5.92. The molecule has 1 rings (SSSR count). The first-order valence-corrected chi connectivity index (χ1v) is 7.56. The van der Waals surface area contributed by atoms with Gasteiger partial charge in [-0.05, 0) is 23.0 Å². The van der Waals surface area contributed by atoms with Crippen molar-refractivity contribution in [2.75, 3.05) is 13.7 Å². The number of carbonyl (C=O) groups is 2. The van der Waals surface area contributed by atoms with Crippen molar-refractivity contribution in [2.24, 2.45) is 5.92 Å². The van der Waals surface area contributed by atoms with Crippen LogP contribution in [-0.2, 0) is 9.53 Å². The van der Waals surface area contributed by atoms with E-state index in [1.165, 1.54) is 12.7 Å². The molecule has 22 heavy (non-hydrogen) atoms. The molecular weight excluding hydrogens is 280 g/mol. The first kappa shape index (κ1) is 18.2. The summed E-state index contributed by atoms with van der Waals surface area (Å²) in [4.78, 5) is 22.6. The fourth-order valence-corrected chi connectivity index (χ4v) is 2.24. The van der Waals surface area contributed by atoms with E-state index in [0.717, 1.165) is 5.56 Å². The van der Waals surface area contributed by atoms with Gasteiger partial charge in [-0.3, -0.25) is 10.1 Å². The van der Waals surface area contributed by atoms with Crippen LogP contribution in [0.3, 0.4) is 0 Å². The van der Waals surface area contributed by atoms with Gasteiger partial charge < -0.3 is 10.1 Å². The van der Waals surface area contributed by atoms with Crippen molar-refractivity contribution in [3.63, 3.8) is 0 Å². The van der Waals surface area contributed by atoms with Gasteiger partial charge >= 0.3 is 6.09 Å². The van der Waals surface area contributed by atoms with E-state index in [1.54, 1.807) is 0 Å². The summed E-state index contributed by atoms with van der Waals surface area (Å²) in [6.45, 7) is 8.55. The van der Waals surface area contributed by atoms with E-state index in [9.17, 15) is 9.59 Å². The number of hydrogen-bond acceptors (Lipinski definition) is 4. The molecule has 0 heterocycles. The summed E-state index contributed by atoms with van der Waals surface area (Å²) < 4.78 is 4.40. The van der Waals surface area contributed by atoms with Crippen molar-refractivity contribution in [1.29, 1.82) is 0 Å². The Balaban J connectivity index is 2.69. The normalized spacial score (nSPS) is 12.3.